The van der Waals surface area contributed by atoms with E-state index >= 15 is 0 Å². The number of hydrogen-bond donors (Lipinski definition) is 1. The minimum atomic E-state index is -1.05. The lowest BCUT2D eigenvalue weighted by Gasteiger charge is -2.40. The van der Waals surface area contributed by atoms with Crippen LogP contribution >= 0.6 is 11.3 Å². The van der Waals surface area contributed by atoms with Crippen LogP contribution in [0.1, 0.15) is 57.6 Å². The number of rotatable bonds is 5. The number of carbonyl (C=O) groups is 1. The third-order valence-electron chi connectivity index (χ3n) is 6.18. The number of aliphatic hydroxyl groups is 1. The van der Waals surface area contributed by atoms with Crippen molar-refractivity contribution < 1.29 is 24.1 Å². The number of carbonyl (C=O) groups excluding carboxylic acids is 1. The molecule has 3 aromatic rings. The Balaban J connectivity index is 1.58. The van der Waals surface area contributed by atoms with E-state index < -0.39 is 11.2 Å². The Morgan fingerprint density at radius 2 is 1.79 bits per heavy atom. The maximum atomic E-state index is 13.4. The molecule has 1 aliphatic carbocycles. The lowest BCUT2D eigenvalue weighted by Crippen LogP contribution is -2.49. The predicted molar refractivity (Wildman–Crippen MR) is 128 cm³/mol. The van der Waals surface area contributed by atoms with Crippen molar-refractivity contribution in [2.45, 2.75) is 57.7 Å². The van der Waals surface area contributed by atoms with E-state index in [1.54, 1.807) is 34.8 Å². The van der Waals surface area contributed by atoms with Crippen LogP contribution < -0.4 is 9.47 Å². The molecule has 1 fully saturated rings. The van der Waals surface area contributed by atoms with Crippen molar-refractivity contribution in [3.63, 3.8) is 0 Å². The smallest absolute Gasteiger partial charge is 0.279 e. The van der Waals surface area contributed by atoms with Crippen LogP contribution in [0.4, 0.5) is 0 Å². The number of fused-ring (bicyclic) bond motifs is 1. The van der Waals surface area contributed by atoms with E-state index in [4.69, 9.17) is 14.2 Å². The van der Waals surface area contributed by atoms with Crippen LogP contribution in [0.5, 0.6) is 16.7 Å². The van der Waals surface area contributed by atoms with E-state index in [-0.39, 0.29) is 11.5 Å². The second kappa shape index (κ2) is 7.57. The van der Waals surface area contributed by atoms with Crippen molar-refractivity contribution in [3.8, 4) is 16.7 Å². The number of ether oxygens (including phenoxy) is 3. The monoisotopic (exact) mass is 465 g/mol. The van der Waals surface area contributed by atoms with Gasteiger partial charge in [0.05, 0.1) is 22.9 Å². The molecule has 0 bridgehead atoms. The fourth-order valence-corrected chi connectivity index (χ4v) is 5.28. The van der Waals surface area contributed by atoms with Crippen molar-refractivity contribution >= 4 is 32.9 Å². The average Bonchev–Trinajstić information content (AvgIpc) is 3.51. The van der Waals surface area contributed by atoms with Crippen molar-refractivity contribution in [1.29, 1.82) is 0 Å². The summed E-state index contributed by atoms with van der Waals surface area (Å²) >= 11 is 1.42. The second-order valence-electron chi connectivity index (χ2n) is 9.61. The van der Waals surface area contributed by atoms with E-state index in [1.807, 2.05) is 36.4 Å². The molecule has 0 atom stereocenters. The summed E-state index contributed by atoms with van der Waals surface area (Å²) in [6.07, 6.45) is 2.14. The molecule has 0 spiro atoms. The molecule has 5 rings (SSSR count). The fourth-order valence-electron chi connectivity index (χ4n) is 4.41. The Morgan fingerprint density at radius 1 is 1.06 bits per heavy atom. The summed E-state index contributed by atoms with van der Waals surface area (Å²) in [5, 5.41) is 11.6. The molecule has 1 aliphatic heterocycles. The molecule has 0 saturated heterocycles. The van der Waals surface area contributed by atoms with Gasteiger partial charge in [-0.25, -0.2) is 4.98 Å². The van der Waals surface area contributed by atoms with Gasteiger partial charge < -0.3 is 19.3 Å². The summed E-state index contributed by atoms with van der Waals surface area (Å²) in [6.45, 7) is 7.05. The maximum absolute atomic E-state index is 13.4. The molecule has 0 radical (unpaired) electrons. The highest BCUT2D eigenvalue weighted by molar-refractivity contribution is 7.20. The van der Waals surface area contributed by atoms with Crippen molar-refractivity contribution in [2.24, 2.45) is 0 Å². The van der Waals surface area contributed by atoms with E-state index in [0.717, 1.165) is 34.4 Å². The van der Waals surface area contributed by atoms with E-state index in [2.05, 4.69) is 4.98 Å². The van der Waals surface area contributed by atoms with Crippen LogP contribution in [0.2, 0.25) is 0 Å². The van der Waals surface area contributed by atoms with E-state index in [0.29, 0.717) is 28.0 Å². The summed E-state index contributed by atoms with van der Waals surface area (Å²) in [6, 6.07) is 11.4. The summed E-state index contributed by atoms with van der Waals surface area (Å²) in [7, 11) is 1.63. The van der Waals surface area contributed by atoms with Gasteiger partial charge in [0.25, 0.3) is 5.19 Å². The molecule has 2 heterocycles. The van der Waals surface area contributed by atoms with E-state index in [9.17, 15) is 9.90 Å². The average molecular weight is 466 g/mol. The molecule has 33 heavy (non-hydrogen) atoms. The van der Waals surface area contributed by atoms with Gasteiger partial charge in [0, 0.05) is 0 Å². The number of thiazole rings is 1. The summed E-state index contributed by atoms with van der Waals surface area (Å²) in [5.74, 6) is 1.43. The van der Waals surface area contributed by atoms with Crippen molar-refractivity contribution in [1.82, 2.24) is 4.98 Å². The van der Waals surface area contributed by atoms with Crippen LogP contribution in [0.15, 0.2) is 42.2 Å². The topological polar surface area (TPSA) is 77.9 Å². The standard InChI is InChI=1S/C26H27NO5S/c1-25(2)22(28)21(23(29)26(3,4)32-25)18-12-16(8-10-17(18)14-6-7-14)31-24-27-19-11-9-15(30-5)13-20(19)33-24/h8-14,28H,6-7H2,1-5H3. The molecule has 2 aliphatic rings. The molecule has 1 N–H and O–H groups in total. The quantitative estimate of drug-likeness (QED) is 0.470. The Morgan fingerprint density at radius 3 is 2.48 bits per heavy atom. The SMILES string of the molecule is COc1ccc2nc(Oc3ccc(C4CC4)c(C4=C(O)C(C)(C)OC(C)(C)C4=O)c3)sc2c1. The van der Waals surface area contributed by atoms with Gasteiger partial charge in [0.15, 0.2) is 5.78 Å². The Kier molecular flexibility index (Phi) is 5.03. The molecule has 6 nitrogen and oxygen atoms in total. The summed E-state index contributed by atoms with van der Waals surface area (Å²) in [5.41, 5.74) is 0.891. The zero-order valence-corrected chi connectivity index (χ0v) is 20.2. The van der Waals surface area contributed by atoms with Gasteiger partial charge in [-0.05, 0) is 87.9 Å². The summed E-state index contributed by atoms with van der Waals surface area (Å²) < 4.78 is 18.3. The highest BCUT2D eigenvalue weighted by Gasteiger charge is 2.48. The van der Waals surface area contributed by atoms with E-state index in [1.165, 1.54) is 11.3 Å². The highest BCUT2D eigenvalue weighted by Crippen LogP contribution is 2.48. The largest absolute Gasteiger partial charge is 0.508 e. The minimum Gasteiger partial charge on any atom is -0.508 e. The first-order valence-corrected chi connectivity index (χ1v) is 11.9. The molecule has 1 saturated carbocycles. The normalized spacial score (nSPS) is 19.7. The number of methoxy groups -OCH3 is 1. The first kappa shape index (κ1) is 21.9. The second-order valence-corrected chi connectivity index (χ2v) is 10.6. The summed E-state index contributed by atoms with van der Waals surface area (Å²) in [4.78, 5) is 17.9. The minimum absolute atomic E-state index is 0.0436. The lowest BCUT2D eigenvalue weighted by molar-refractivity contribution is -0.158. The Labute approximate surface area is 196 Å². The first-order valence-electron chi connectivity index (χ1n) is 11.0. The van der Waals surface area contributed by atoms with Gasteiger partial charge in [-0.2, -0.15) is 0 Å². The van der Waals surface area contributed by atoms with Gasteiger partial charge >= 0.3 is 0 Å². The third kappa shape index (κ3) is 3.89. The van der Waals surface area contributed by atoms with Crippen LogP contribution in [-0.4, -0.2) is 34.2 Å². The zero-order valence-electron chi connectivity index (χ0n) is 19.4. The fraction of sp³-hybridized carbons (Fsp3) is 0.385. The maximum Gasteiger partial charge on any atom is 0.279 e. The number of ketones is 1. The van der Waals surface area contributed by atoms with Gasteiger partial charge in [-0.3, -0.25) is 4.79 Å². The van der Waals surface area contributed by atoms with Crippen LogP contribution in [0.25, 0.3) is 15.8 Å². The van der Waals surface area contributed by atoms with Gasteiger partial charge in [0.2, 0.25) is 0 Å². The number of nitrogens with zero attached hydrogens (tertiary/aromatic N) is 1. The van der Waals surface area contributed by atoms with Crippen molar-refractivity contribution in [3.05, 3.63) is 53.3 Å². The van der Waals surface area contributed by atoms with Gasteiger partial charge in [-0.1, -0.05) is 17.4 Å². The van der Waals surface area contributed by atoms with Crippen LogP contribution in [0.3, 0.4) is 0 Å². The molecular weight excluding hydrogens is 438 g/mol. The molecular formula is C26H27NO5S. The number of aromatic nitrogens is 1. The van der Waals surface area contributed by atoms with Gasteiger partial charge in [-0.15, -0.1) is 0 Å². The number of aliphatic hydroxyl groups excluding tert-OH is 1. The Bertz CT molecular complexity index is 1300. The number of Topliss-reactive ketones (excluding diaryl/α,β-unsaturated/α-hetero) is 1. The molecule has 0 amide bonds. The number of hydrogen-bond acceptors (Lipinski definition) is 7. The first-order chi connectivity index (χ1) is 15.6. The third-order valence-corrected chi connectivity index (χ3v) is 7.08. The zero-order chi connectivity index (χ0) is 23.5. The molecule has 172 valence electrons. The predicted octanol–water partition coefficient (Wildman–Crippen LogP) is 6.40. The van der Waals surface area contributed by atoms with Crippen molar-refractivity contribution in [2.75, 3.05) is 7.11 Å². The number of benzene rings is 2. The Hall–Kier alpha value is -2.90. The lowest BCUT2D eigenvalue weighted by atomic mass is 9.81. The van der Waals surface area contributed by atoms with Crippen LogP contribution in [-0.2, 0) is 9.53 Å². The molecule has 7 heteroatoms. The molecule has 2 aromatic carbocycles. The molecule has 0 unspecified atom stereocenters. The molecule has 1 aromatic heterocycles. The van der Waals surface area contributed by atoms with Crippen LogP contribution in [0, 0.1) is 0 Å². The van der Waals surface area contributed by atoms with Gasteiger partial charge in [0.1, 0.15) is 28.5 Å². The highest BCUT2D eigenvalue weighted by atomic mass is 32.1.